The first kappa shape index (κ1) is 10.4. The first-order valence-electron chi connectivity index (χ1n) is 4.33. The highest BCUT2D eigenvalue weighted by Crippen LogP contribution is 2.24. The van der Waals surface area contributed by atoms with Crippen LogP contribution >= 0.6 is 11.8 Å². The van der Waals surface area contributed by atoms with Crippen LogP contribution in [0.5, 0.6) is 0 Å². The van der Waals surface area contributed by atoms with E-state index in [2.05, 4.69) is 16.9 Å². The molecule has 0 aliphatic carbocycles. The summed E-state index contributed by atoms with van der Waals surface area (Å²) in [5.41, 5.74) is -0.290. The van der Waals surface area contributed by atoms with Crippen LogP contribution in [0.2, 0.25) is 0 Å². The van der Waals surface area contributed by atoms with Crippen LogP contribution in [0.4, 0.5) is 0 Å². The number of hydrogen-bond donors (Lipinski definition) is 0. The lowest BCUT2D eigenvalue weighted by Gasteiger charge is -2.40. The van der Waals surface area contributed by atoms with Crippen LogP contribution in [-0.4, -0.2) is 34.5 Å². The van der Waals surface area contributed by atoms with Gasteiger partial charge in [-0.05, 0) is 13.8 Å². The zero-order valence-corrected chi connectivity index (χ0v) is 8.90. The van der Waals surface area contributed by atoms with Gasteiger partial charge in [-0.3, -0.25) is 4.90 Å². The molecule has 1 aliphatic rings. The second kappa shape index (κ2) is 4.05. The number of nitriles is 1. The smallest absolute Gasteiger partial charge is 0.108 e. The Morgan fingerprint density at radius 1 is 1.62 bits per heavy atom. The van der Waals surface area contributed by atoms with E-state index in [0.717, 1.165) is 18.1 Å². The minimum absolute atomic E-state index is 0.0233. The average Bonchev–Trinajstić information content (AvgIpc) is 2.18. The van der Waals surface area contributed by atoms with Crippen LogP contribution in [0.3, 0.4) is 0 Å². The Balaban J connectivity index is 2.78. The van der Waals surface area contributed by atoms with E-state index in [1.165, 1.54) is 0 Å². The number of hydrogen-bond acceptors (Lipinski definition) is 3. The van der Waals surface area contributed by atoms with E-state index >= 15 is 0 Å². The molecule has 1 atom stereocenters. The molecule has 2 nitrogen and oxygen atoms in total. The molecule has 70 valence electrons. The van der Waals surface area contributed by atoms with E-state index in [-0.39, 0.29) is 11.6 Å². The third-order valence-electron chi connectivity index (χ3n) is 2.35. The molecule has 0 aromatic rings. The maximum absolute atomic E-state index is 8.95. The highest BCUT2D eigenvalue weighted by Gasteiger charge is 2.33. The molecule has 1 aliphatic heterocycles. The van der Waals surface area contributed by atoms with Gasteiger partial charge in [0.2, 0.25) is 0 Å². The molecule has 0 saturated carbocycles. The van der Waals surface area contributed by atoms with E-state index in [1.807, 2.05) is 25.6 Å². The molecule has 0 amide bonds. The topological polar surface area (TPSA) is 27.0 Å². The Hall–Kier alpha value is -0.640. The lowest BCUT2D eigenvalue weighted by Crippen LogP contribution is -2.52. The SMILES string of the molecule is C#CC(C)(C)N1CCSCC1C#N. The van der Waals surface area contributed by atoms with Crippen molar-refractivity contribution in [3.63, 3.8) is 0 Å². The second-order valence-electron chi connectivity index (χ2n) is 3.62. The zero-order valence-electron chi connectivity index (χ0n) is 8.08. The Kier molecular flexibility index (Phi) is 3.25. The molecule has 0 aromatic carbocycles. The monoisotopic (exact) mass is 194 g/mol. The van der Waals surface area contributed by atoms with E-state index in [0.29, 0.717) is 0 Å². The van der Waals surface area contributed by atoms with Crippen molar-refractivity contribution in [2.45, 2.75) is 25.4 Å². The predicted molar refractivity (Wildman–Crippen MR) is 56.3 cm³/mol. The molecule has 0 radical (unpaired) electrons. The number of nitrogens with zero attached hydrogens (tertiary/aromatic N) is 2. The molecule has 1 unspecified atom stereocenters. The van der Waals surface area contributed by atoms with Gasteiger partial charge in [-0.2, -0.15) is 17.0 Å². The first-order chi connectivity index (χ1) is 6.11. The van der Waals surface area contributed by atoms with Gasteiger partial charge in [-0.25, -0.2) is 0 Å². The molecule has 0 bridgehead atoms. The molecular formula is C10H14N2S. The summed E-state index contributed by atoms with van der Waals surface area (Å²) in [5, 5.41) is 8.95. The summed E-state index contributed by atoms with van der Waals surface area (Å²) in [6.07, 6.45) is 5.45. The van der Waals surface area contributed by atoms with Crippen molar-refractivity contribution >= 4 is 11.8 Å². The van der Waals surface area contributed by atoms with Gasteiger partial charge in [0.1, 0.15) is 6.04 Å². The van der Waals surface area contributed by atoms with E-state index in [9.17, 15) is 0 Å². The van der Waals surface area contributed by atoms with Gasteiger partial charge in [-0.1, -0.05) is 5.92 Å². The quantitative estimate of drug-likeness (QED) is 0.589. The van der Waals surface area contributed by atoms with Gasteiger partial charge < -0.3 is 0 Å². The minimum Gasteiger partial charge on any atom is -0.270 e. The van der Waals surface area contributed by atoms with Gasteiger partial charge in [0.15, 0.2) is 0 Å². The lowest BCUT2D eigenvalue weighted by atomic mass is 10.0. The summed E-state index contributed by atoms with van der Waals surface area (Å²) in [6.45, 7) is 4.90. The van der Waals surface area contributed by atoms with Crippen molar-refractivity contribution in [1.82, 2.24) is 4.90 Å². The van der Waals surface area contributed by atoms with E-state index in [4.69, 9.17) is 11.7 Å². The number of rotatable bonds is 1. The molecule has 13 heavy (non-hydrogen) atoms. The summed E-state index contributed by atoms with van der Waals surface area (Å²) in [4.78, 5) is 2.11. The molecule has 0 N–H and O–H groups in total. The predicted octanol–water partition coefficient (Wildman–Crippen LogP) is 1.34. The van der Waals surface area contributed by atoms with Crippen LogP contribution in [-0.2, 0) is 0 Å². The van der Waals surface area contributed by atoms with Gasteiger partial charge in [0.25, 0.3) is 0 Å². The van der Waals surface area contributed by atoms with Crippen molar-refractivity contribution in [2.24, 2.45) is 0 Å². The zero-order chi connectivity index (χ0) is 9.90. The molecule has 3 heteroatoms. The maximum atomic E-state index is 8.95. The third kappa shape index (κ3) is 2.18. The summed E-state index contributed by atoms with van der Waals surface area (Å²) in [7, 11) is 0. The summed E-state index contributed by atoms with van der Waals surface area (Å²) >= 11 is 1.83. The van der Waals surface area contributed by atoms with Crippen molar-refractivity contribution in [1.29, 1.82) is 5.26 Å². The standard InChI is InChI=1S/C10H14N2S/c1-4-10(2,3)12-5-6-13-8-9(12)7-11/h1,9H,5-6,8H2,2-3H3. The van der Waals surface area contributed by atoms with E-state index < -0.39 is 0 Å². The molecule has 0 aromatic heterocycles. The fourth-order valence-corrected chi connectivity index (χ4v) is 2.43. The van der Waals surface area contributed by atoms with Gasteiger partial charge >= 0.3 is 0 Å². The highest BCUT2D eigenvalue weighted by atomic mass is 32.2. The molecular weight excluding hydrogens is 180 g/mol. The van der Waals surface area contributed by atoms with Crippen molar-refractivity contribution < 1.29 is 0 Å². The van der Waals surface area contributed by atoms with Gasteiger partial charge in [0.05, 0.1) is 11.6 Å². The minimum atomic E-state index is -0.290. The maximum Gasteiger partial charge on any atom is 0.108 e. The van der Waals surface area contributed by atoms with Crippen LogP contribution in [0, 0.1) is 23.7 Å². The van der Waals surface area contributed by atoms with Crippen LogP contribution in [0.25, 0.3) is 0 Å². The van der Waals surface area contributed by atoms with Gasteiger partial charge in [0, 0.05) is 18.1 Å². The first-order valence-corrected chi connectivity index (χ1v) is 5.49. The lowest BCUT2D eigenvalue weighted by molar-refractivity contribution is 0.155. The van der Waals surface area contributed by atoms with Crippen LogP contribution in [0.15, 0.2) is 0 Å². The molecule has 1 heterocycles. The van der Waals surface area contributed by atoms with Crippen LogP contribution < -0.4 is 0 Å². The van der Waals surface area contributed by atoms with Crippen LogP contribution in [0.1, 0.15) is 13.8 Å². The van der Waals surface area contributed by atoms with E-state index in [1.54, 1.807) is 0 Å². The normalized spacial score (nSPS) is 24.8. The average molecular weight is 194 g/mol. The van der Waals surface area contributed by atoms with Crippen molar-refractivity contribution in [3.05, 3.63) is 0 Å². The molecule has 1 saturated heterocycles. The fraction of sp³-hybridized carbons (Fsp3) is 0.700. The summed E-state index contributed by atoms with van der Waals surface area (Å²) in [6, 6.07) is 2.28. The Labute approximate surface area is 84.3 Å². The summed E-state index contributed by atoms with van der Waals surface area (Å²) < 4.78 is 0. The fourth-order valence-electron chi connectivity index (χ4n) is 1.46. The molecule has 0 spiro atoms. The second-order valence-corrected chi connectivity index (χ2v) is 4.77. The molecule has 1 fully saturated rings. The van der Waals surface area contributed by atoms with Crippen molar-refractivity contribution in [2.75, 3.05) is 18.1 Å². The largest absolute Gasteiger partial charge is 0.270 e. The van der Waals surface area contributed by atoms with Gasteiger partial charge in [-0.15, -0.1) is 6.42 Å². The summed E-state index contributed by atoms with van der Waals surface area (Å²) in [5.74, 6) is 4.69. The molecule has 1 rings (SSSR count). The number of thioether (sulfide) groups is 1. The Morgan fingerprint density at radius 2 is 2.31 bits per heavy atom. The van der Waals surface area contributed by atoms with Crippen molar-refractivity contribution in [3.8, 4) is 18.4 Å². The Morgan fingerprint density at radius 3 is 2.85 bits per heavy atom. The number of terminal acetylenes is 1. The third-order valence-corrected chi connectivity index (χ3v) is 3.37. The highest BCUT2D eigenvalue weighted by molar-refractivity contribution is 7.99. The Bertz CT molecular complexity index is 259.